The lowest BCUT2D eigenvalue weighted by Gasteiger charge is -2.28. The van der Waals surface area contributed by atoms with Crippen molar-refractivity contribution in [1.29, 1.82) is 0 Å². The Morgan fingerprint density at radius 2 is 2.09 bits per heavy atom. The number of methoxy groups -OCH3 is 2. The summed E-state index contributed by atoms with van der Waals surface area (Å²) in [5.74, 6) is -0.928. The van der Waals surface area contributed by atoms with Gasteiger partial charge in [0.25, 0.3) is 0 Å². The van der Waals surface area contributed by atoms with Crippen molar-refractivity contribution in [2.24, 2.45) is 0 Å². The van der Waals surface area contributed by atoms with Crippen molar-refractivity contribution < 1.29 is 14.6 Å². The highest BCUT2D eigenvalue weighted by atomic mass is 16.7. The zero-order valence-corrected chi connectivity index (χ0v) is 6.70. The second-order valence-electron chi connectivity index (χ2n) is 2.30. The van der Waals surface area contributed by atoms with E-state index in [0.717, 1.165) is 6.42 Å². The number of hydrogen-bond donors (Lipinski definition) is 1. The first-order chi connectivity index (χ1) is 5.25. The normalized spacial score (nSPS) is 21.5. The molecule has 0 aromatic rings. The van der Waals surface area contributed by atoms with Crippen LogP contribution >= 0.6 is 0 Å². The summed E-state index contributed by atoms with van der Waals surface area (Å²) in [5, 5.41) is 9.38. The molecule has 1 N–H and O–H groups in total. The van der Waals surface area contributed by atoms with Gasteiger partial charge in [0, 0.05) is 14.2 Å². The maximum atomic E-state index is 9.38. The van der Waals surface area contributed by atoms with Gasteiger partial charge in [0.1, 0.15) is 0 Å². The molecule has 62 valence electrons. The monoisotopic (exact) mass is 156 g/mol. The average Bonchev–Trinajstić information content (AvgIpc) is 2.06. The zero-order valence-electron chi connectivity index (χ0n) is 6.70. The Morgan fingerprint density at radius 1 is 1.45 bits per heavy atom. The fraction of sp³-hybridized carbons (Fsp3) is 0.500. The van der Waals surface area contributed by atoms with Gasteiger partial charge in [0.2, 0.25) is 5.79 Å². The van der Waals surface area contributed by atoms with E-state index in [9.17, 15) is 5.11 Å². The van der Waals surface area contributed by atoms with Gasteiger partial charge in [0.05, 0.1) is 0 Å². The van der Waals surface area contributed by atoms with Gasteiger partial charge in [-0.1, -0.05) is 6.08 Å². The Bertz CT molecular complexity index is 190. The first kappa shape index (κ1) is 8.30. The lowest BCUT2D eigenvalue weighted by molar-refractivity contribution is -0.163. The summed E-state index contributed by atoms with van der Waals surface area (Å²) in [7, 11) is 2.98. The number of allylic oxidation sites excluding steroid dienone is 2. The minimum Gasteiger partial charge on any atom is -0.507 e. The van der Waals surface area contributed by atoms with E-state index in [1.165, 1.54) is 14.2 Å². The molecule has 0 saturated carbocycles. The van der Waals surface area contributed by atoms with Crippen LogP contribution in [-0.2, 0) is 9.47 Å². The second kappa shape index (κ2) is 3.07. The van der Waals surface area contributed by atoms with Crippen molar-refractivity contribution in [3.8, 4) is 0 Å². The summed E-state index contributed by atoms with van der Waals surface area (Å²) in [6.07, 6.45) is 5.96. The smallest absolute Gasteiger partial charge is 0.247 e. The van der Waals surface area contributed by atoms with E-state index in [4.69, 9.17) is 9.47 Å². The van der Waals surface area contributed by atoms with Crippen LogP contribution < -0.4 is 0 Å². The number of ether oxygens (including phenoxy) is 2. The molecular weight excluding hydrogens is 144 g/mol. The summed E-state index contributed by atoms with van der Waals surface area (Å²) >= 11 is 0. The molecule has 0 radical (unpaired) electrons. The highest BCUT2D eigenvalue weighted by Crippen LogP contribution is 2.25. The highest BCUT2D eigenvalue weighted by molar-refractivity contribution is 5.21. The van der Waals surface area contributed by atoms with Crippen LogP contribution in [0.1, 0.15) is 6.42 Å². The Labute approximate surface area is 65.9 Å². The largest absolute Gasteiger partial charge is 0.507 e. The molecular formula is C8H12O3. The Morgan fingerprint density at radius 3 is 2.45 bits per heavy atom. The summed E-state index contributed by atoms with van der Waals surface area (Å²) < 4.78 is 10.0. The van der Waals surface area contributed by atoms with Crippen molar-refractivity contribution in [2.75, 3.05) is 14.2 Å². The SMILES string of the molecule is COC1(OC)C=CCC=C1O. The highest BCUT2D eigenvalue weighted by Gasteiger charge is 2.32. The third-order valence-electron chi connectivity index (χ3n) is 1.75. The minimum absolute atomic E-state index is 0.116. The first-order valence-corrected chi connectivity index (χ1v) is 3.43. The quantitative estimate of drug-likeness (QED) is 0.485. The molecule has 0 heterocycles. The molecule has 3 heteroatoms. The van der Waals surface area contributed by atoms with Crippen LogP contribution in [0.25, 0.3) is 0 Å². The van der Waals surface area contributed by atoms with E-state index >= 15 is 0 Å². The van der Waals surface area contributed by atoms with Crippen LogP contribution in [0.3, 0.4) is 0 Å². The predicted octanol–water partition coefficient (Wildman–Crippen LogP) is 1.38. The minimum atomic E-state index is -1.04. The molecule has 0 bridgehead atoms. The van der Waals surface area contributed by atoms with Gasteiger partial charge in [-0.05, 0) is 18.6 Å². The number of hydrogen-bond acceptors (Lipinski definition) is 3. The Hall–Kier alpha value is -0.800. The van der Waals surface area contributed by atoms with E-state index in [-0.39, 0.29) is 5.76 Å². The second-order valence-corrected chi connectivity index (χ2v) is 2.30. The standard InChI is InChI=1S/C8H12O3/c1-10-8(11-2)6-4-3-5-7(8)9/h4-6,9H,3H2,1-2H3. The third kappa shape index (κ3) is 1.29. The van der Waals surface area contributed by atoms with Gasteiger partial charge < -0.3 is 14.6 Å². The lowest BCUT2D eigenvalue weighted by atomic mass is 10.1. The van der Waals surface area contributed by atoms with Crippen molar-refractivity contribution in [3.05, 3.63) is 24.0 Å². The summed E-state index contributed by atoms with van der Waals surface area (Å²) in [5.41, 5.74) is 0. The number of aliphatic hydroxyl groups excluding tert-OH is 1. The fourth-order valence-electron chi connectivity index (χ4n) is 1.06. The van der Waals surface area contributed by atoms with Crippen LogP contribution in [0.15, 0.2) is 24.0 Å². The summed E-state index contributed by atoms with van der Waals surface area (Å²) in [4.78, 5) is 0. The van der Waals surface area contributed by atoms with Crippen molar-refractivity contribution in [3.63, 3.8) is 0 Å². The summed E-state index contributed by atoms with van der Waals surface area (Å²) in [6, 6.07) is 0. The number of rotatable bonds is 2. The van der Waals surface area contributed by atoms with Crippen LogP contribution in [0.2, 0.25) is 0 Å². The van der Waals surface area contributed by atoms with E-state index in [1.54, 1.807) is 12.2 Å². The molecule has 0 fully saturated rings. The molecule has 1 aliphatic carbocycles. The topological polar surface area (TPSA) is 38.7 Å². The fourth-order valence-corrected chi connectivity index (χ4v) is 1.06. The van der Waals surface area contributed by atoms with Gasteiger partial charge in [-0.15, -0.1) is 0 Å². The maximum absolute atomic E-state index is 9.38. The van der Waals surface area contributed by atoms with Crippen LogP contribution in [-0.4, -0.2) is 25.1 Å². The average molecular weight is 156 g/mol. The molecule has 0 spiro atoms. The maximum Gasteiger partial charge on any atom is 0.247 e. The molecule has 0 atom stereocenters. The first-order valence-electron chi connectivity index (χ1n) is 3.43. The van der Waals surface area contributed by atoms with E-state index in [0.29, 0.717) is 0 Å². The van der Waals surface area contributed by atoms with Gasteiger partial charge in [-0.2, -0.15) is 0 Å². The molecule has 3 nitrogen and oxygen atoms in total. The summed E-state index contributed by atoms with van der Waals surface area (Å²) in [6.45, 7) is 0. The van der Waals surface area contributed by atoms with E-state index < -0.39 is 5.79 Å². The molecule has 0 aliphatic heterocycles. The molecule has 11 heavy (non-hydrogen) atoms. The third-order valence-corrected chi connectivity index (χ3v) is 1.75. The Kier molecular flexibility index (Phi) is 2.31. The molecule has 1 aliphatic rings. The van der Waals surface area contributed by atoms with Crippen molar-refractivity contribution in [1.82, 2.24) is 0 Å². The molecule has 0 aromatic carbocycles. The van der Waals surface area contributed by atoms with Gasteiger partial charge in [0.15, 0.2) is 5.76 Å². The lowest BCUT2D eigenvalue weighted by Crippen LogP contribution is -2.34. The molecule has 0 aromatic heterocycles. The van der Waals surface area contributed by atoms with Crippen LogP contribution in [0.5, 0.6) is 0 Å². The molecule has 1 rings (SSSR count). The molecule has 0 unspecified atom stereocenters. The Balaban J connectivity index is 2.87. The molecule has 0 amide bonds. The van der Waals surface area contributed by atoms with Gasteiger partial charge >= 0.3 is 0 Å². The predicted molar refractivity (Wildman–Crippen MR) is 41.2 cm³/mol. The van der Waals surface area contributed by atoms with Crippen LogP contribution in [0, 0.1) is 0 Å². The number of aliphatic hydroxyl groups is 1. The van der Waals surface area contributed by atoms with Gasteiger partial charge in [-0.3, -0.25) is 0 Å². The van der Waals surface area contributed by atoms with Crippen LogP contribution in [0.4, 0.5) is 0 Å². The van der Waals surface area contributed by atoms with Crippen molar-refractivity contribution >= 4 is 0 Å². The van der Waals surface area contributed by atoms with E-state index in [1.807, 2.05) is 6.08 Å². The van der Waals surface area contributed by atoms with E-state index in [2.05, 4.69) is 0 Å². The van der Waals surface area contributed by atoms with Crippen molar-refractivity contribution in [2.45, 2.75) is 12.2 Å². The zero-order chi connectivity index (χ0) is 8.32. The van der Waals surface area contributed by atoms with Gasteiger partial charge in [-0.25, -0.2) is 0 Å². The molecule has 0 saturated heterocycles.